The third-order valence-electron chi connectivity index (χ3n) is 4.76. The summed E-state index contributed by atoms with van der Waals surface area (Å²) in [6, 6.07) is 17.1. The number of Topliss-reactive ketones (excluding diaryl/α,β-unsaturated/α-hetero) is 1. The van der Waals surface area contributed by atoms with Gasteiger partial charge in [-0.3, -0.25) is 4.79 Å². The van der Waals surface area contributed by atoms with E-state index >= 15 is 0 Å². The molecule has 0 aromatic heterocycles. The van der Waals surface area contributed by atoms with Gasteiger partial charge in [-0.05, 0) is 11.1 Å². The van der Waals surface area contributed by atoms with Crippen LogP contribution in [0.1, 0.15) is 33.3 Å². The fraction of sp³-hybridized carbons (Fsp3) is 0.143. The smallest absolute Gasteiger partial charge is 0.335 e. The normalized spacial score (nSPS) is 20.7. The molecule has 2 aromatic rings. The van der Waals surface area contributed by atoms with Crippen LogP contribution in [0.15, 0.2) is 77.9 Å². The Balaban J connectivity index is 1.92. The van der Waals surface area contributed by atoms with Gasteiger partial charge in [0.2, 0.25) is 0 Å². The highest BCUT2D eigenvalue weighted by Gasteiger charge is 2.41. The van der Waals surface area contributed by atoms with Gasteiger partial charge in [0, 0.05) is 23.0 Å². The number of rotatable bonds is 3. The van der Waals surface area contributed by atoms with Gasteiger partial charge in [-0.15, -0.1) is 0 Å². The second kappa shape index (κ2) is 5.60. The molecule has 3 aliphatic rings. The molecule has 24 heavy (non-hydrogen) atoms. The fourth-order valence-corrected chi connectivity index (χ4v) is 3.70. The highest BCUT2D eigenvalue weighted by molar-refractivity contribution is 6.15. The Kier molecular flexibility index (Phi) is 3.42. The van der Waals surface area contributed by atoms with Crippen LogP contribution in [0.4, 0.5) is 0 Å². The maximum atomic E-state index is 13.1. The lowest BCUT2D eigenvalue weighted by atomic mass is 9.66. The van der Waals surface area contributed by atoms with Crippen molar-refractivity contribution in [2.45, 2.75) is 11.8 Å². The molecule has 3 heteroatoms. The first kappa shape index (κ1) is 14.6. The zero-order valence-electron chi connectivity index (χ0n) is 13.2. The second-order valence-corrected chi connectivity index (χ2v) is 5.98. The van der Waals surface area contributed by atoms with Gasteiger partial charge in [0.1, 0.15) is 0 Å². The second-order valence-electron chi connectivity index (χ2n) is 5.98. The molecule has 0 spiro atoms. The summed E-state index contributed by atoms with van der Waals surface area (Å²) in [7, 11) is 1.36. The van der Waals surface area contributed by atoms with Crippen molar-refractivity contribution in [3.05, 3.63) is 94.6 Å². The van der Waals surface area contributed by atoms with Crippen LogP contribution in [0.3, 0.4) is 0 Å². The maximum Gasteiger partial charge on any atom is 0.335 e. The van der Waals surface area contributed by atoms with E-state index in [1.165, 1.54) is 7.11 Å². The molecule has 5 rings (SSSR count). The van der Waals surface area contributed by atoms with E-state index in [1.807, 2.05) is 54.6 Å². The van der Waals surface area contributed by atoms with E-state index in [2.05, 4.69) is 0 Å². The lowest BCUT2D eigenvalue weighted by Gasteiger charge is -2.36. The van der Waals surface area contributed by atoms with Crippen molar-refractivity contribution in [3.8, 4) is 0 Å². The molecular formula is C21H16O3. The molecule has 0 saturated carbocycles. The highest BCUT2D eigenvalue weighted by Crippen LogP contribution is 2.49. The molecule has 0 fully saturated rings. The van der Waals surface area contributed by atoms with Crippen LogP contribution < -0.4 is 0 Å². The average molecular weight is 316 g/mol. The Bertz CT molecular complexity index is 890. The van der Waals surface area contributed by atoms with E-state index in [-0.39, 0.29) is 17.6 Å². The molecule has 2 bridgehead atoms. The van der Waals surface area contributed by atoms with Crippen molar-refractivity contribution >= 4 is 11.8 Å². The summed E-state index contributed by atoms with van der Waals surface area (Å²) in [5, 5.41) is 0. The van der Waals surface area contributed by atoms with Gasteiger partial charge < -0.3 is 4.74 Å². The SMILES string of the molecule is COC(=O)C1=C(C(=O)c2ccccc2)[C@@H]2C=C[C@H]1c1ccccc12. The highest BCUT2D eigenvalue weighted by atomic mass is 16.5. The van der Waals surface area contributed by atoms with Gasteiger partial charge in [-0.1, -0.05) is 66.7 Å². The summed E-state index contributed by atoms with van der Waals surface area (Å²) in [4.78, 5) is 25.6. The summed E-state index contributed by atoms with van der Waals surface area (Å²) < 4.78 is 4.99. The molecule has 3 nitrogen and oxygen atoms in total. The van der Waals surface area contributed by atoms with E-state index < -0.39 is 5.97 Å². The Morgan fingerprint density at radius 1 is 0.792 bits per heavy atom. The molecule has 0 unspecified atom stereocenters. The monoisotopic (exact) mass is 316 g/mol. The minimum absolute atomic E-state index is 0.107. The molecule has 0 saturated heterocycles. The van der Waals surface area contributed by atoms with Crippen LogP contribution in [0.25, 0.3) is 0 Å². The predicted molar refractivity (Wildman–Crippen MR) is 90.9 cm³/mol. The first-order valence-corrected chi connectivity index (χ1v) is 7.91. The van der Waals surface area contributed by atoms with Crippen LogP contribution in [-0.2, 0) is 9.53 Å². The zero-order chi connectivity index (χ0) is 16.7. The van der Waals surface area contributed by atoms with Gasteiger partial charge in [0.15, 0.2) is 5.78 Å². The summed E-state index contributed by atoms with van der Waals surface area (Å²) in [6.07, 6.45) is 4.02. The Hall–Kier alpha value is -2.94. The lowest BCUT2D eigenvalue weighted by molar-refractivity contribution is -0.136. The summed E-state index contributed by atoms with van der Waals surface area (Å²) in [5.74, 6) is -0.956. The van der Waals surface area contributed by atoms with E-state index in [4.69, 9.17) is 4.74 Å². The molecule has 0 radical (unpaired) electrons. The van der Waals surface area contributed by atoms with Gasteiger partial charge in [-0.2, -0.15) is 0 Å². The molecular weight excluding hydrogens is 300 g/mol. The fourth-order valence-electron chi connectivity index (χ4n) is 3.70. The number of ketones is 1. The van der Waals surface area contributed by atoms with Crippen molar-refractivity contribution in [2.75, 3.05) is 7.11 Å². The number of carbonyl (C=O) groups is 2. The number of methoxy groups -OCH3 is 1. The predicted octanol–water partition coefficient (Wildman–Crippen LogP) is 3.79. The quantitative estimate of drug-likeness (QED) is 0.491. The van der Waals surface area contributed by atoms with E-state index in [0.717, 1.165) is 11.1 Å². The van der Waals surface area contributed by atoms with Gasteiger partial charge >= 0.3 is 5.97 Å². The number of allylic oxidation sites excluding steroid dienone is 3. The van der Waals surface area contributed by atoms with E-state index in [9.17, 15) is 9.59 Å². The third-order valence-corrected chi connectivity index (χ3v) is 4.76. The van der Waals surface area contributed by atoms with Crippen molar-refractivity contribution in [1.82, 2.24) is 0 Å². The van der Waals surface area contributed by atoms with Gasteiger partial charge in [0.25, 0.3) is 0 Å². The van der Waals surface area contributed by atoms with Crippen LogP contribution in [0, 0.1) is 0 Å². The molecule has 0 aliphatic heterocycles. The number of hydrogen-bond donors (Lipinski definition) is 0. The summed E-state index contributed by atoms with van der Waals surface area (Å²) >= 11 is 0. The minimum Gasteiger partial charge on any atom is -0.466 e. The number of benzene rings is 2. The number of hydrogen-bond acceptors (Lipinski definition) is 3. The first-order chi connectivity index (χ1) is 11.7. The zero-order valence-corrected chi connectivity index (χ0v) is 13.2. The van der Waals surface area contributed by atoms with Crippen LogP contribution in [-0.4, -0.2) is 18.9 Å². The molecule has 0 N–H and O–H groups in total. The summed E-state index contributed by atoms with van der Waals surface area (Å²) in [5.41, 5.74) is 3.77. The molecule has 2 aromatic carbocycles. The van der Waals surface area contributed by atoms with Crippen molar-refractivity contribution in [1.29, 1.82) is 0 Å². The van der Waals surface area contributed by atoms with Crippen LogP contribution >= 0.6 is 0 Å². The minimum atomic E-state index is -0.428. The topological polar surface area (TPSA) is 43.4 Å². The molecule has 0 heterocycles. The summed E-state index contributed by atoms with van der Waals surface area (Å²) in [6.45, 7) is 0. The standard InChI is InChI=1S/C21H16O3/c1-24-21(23)19-17-12-11-16(14-9-5-6-10-15(14)17)18(19)20(22)13-7-3-2-4-8-13/h2-12,16-17H,1H3/t16-,17+/m1/s1. The first-order valence-electron chi connectivity index (χ1n) is 7.91. The maximum absolute atomic E-state index is 13.1. The van der Waals surface area contributed by atoms with Gasteiger partial charge in [0.05, 0.1) is 12.7 Å². The Morgan fingerprint density at radius 2 is 1.33 bits per heavy atom. The number of carbonyl (C=O) groups excluding carboxylic acids is 2. The lowest BCUT2D eigenvalue weighted by Crippen LogP contribution is -2.30. The average Bonchev–Trinajstić information content (AvgIpc) is 2.67. The van der Waals surface area contributed by atoms with Crippen LogP contribution in [0.5, 0.6) is 0 Å². The molecule has 3 aliphatic carbocycles. The third kappa shape index (κ3) is 2.05. The number of esters is 1. The van der Waals surface area contributed by atoms with E-state index in [1.54, 1.807) is 12.1 Å². The van der Waals surface area contributed by atoms with Crippen molar-refractivity contribution in [2.24, 2.45) is 0 Å². The van der Waals surface area contributed by atoms with Crippen molar-refractivity contribution < 1.29 is 14.3 Å². The Labute approximate surface area is 140 Å². The Morgan fingerprint density at radius 3 is 1.92 bits per heavy atom. The molecule has 118 valence electrons. The molecule has 0 amide bonds. The van der Waals surface area contributed by atoms with Crippen LogP contribution in [0.2, 0.25) is 0 Å². The van der Waals surface area contributed by atoms with Crippen molar-refractivity contribution in [3.63, 3.8) is 0 Å². The van der Waals surface area contributed by atoms with E-state index in [0.29, 0.717) is 16.7 Å². The molecule has 2 atom stereocenters. The largest absolute Gasteiger partial charge is 0.466 e. The number of ether oxygens (including phenoxy) is 1. The van der Waals surface area contributed by atoms with Gasteiger partial charge in [-0.25, -0.2) is 4.79 Å².